The van der Waals surface area contributed by atoms with E-state index < -0.39 is 0 Å². The number of likely N-dealkylation sites (tertiary alicyclic amines) is 1. The molecule has 1 heterocycles. The lowest BCUT2D eigenvalue weighted by atomic mass is 9.97. The molecule has 3 heteroatoms. The molecule has 0 aromatic heterocycles. The number of ether oxygens (including phenoxy) is 1. The highest BCUT2D eigenvalue weighted by molar-refractivity contribution is 5.42. The Morgan fingerprint density at radius 2 is 2.31 bits per heavy atom. The van der Waals surface area contributed by atoms with Gasteiger partial charge in [0, 0.05) is 18.0 Å². The number of hydrogen-bond donors (Lipinski definition) is 1. The Balaban J connectivity index is 2.26. The van der Waals surface area contributed by atoms with E-state index >= 15 is 0 Å². The van der Waals surface area contributed by atoms with Crippen LogP contribution >= 0.6 is 0 Å². The van der Waals surface area contributed by atoms with Crippen LogP contribution in [0.3, 0.4) is 0 Å². The number of aromatic hydroxyl groups is 1. The molecule has 1 atom stereocenters. The first-order chi connectivity index (χ1) is 7.70. The van der Waals surface area contributed by atoms with Gasteiger partial charge < -0.3 is 14.7 Å². The number of phenols is 1. The van der Waals surface area contributed by atoms with E-state index in [0.29, 0.717) is 18.3 Å². The molecule has 1 aliphatic rings. The maximum absolute atomic E-state index is 9.56. The predicted molar refractivity (Wildman–Crippen MR) is 64.1 cm³/mol. The monoisotopic (exact) mass is 221 g/mol. The number of likely N-dealkylation sites (N-methyl/N-ethyl adjacent to an activating group) is 1. The first-order valence-corrected chi connectivity index (χ1v) is 5.85. The summed E-state index contributed by atoms with van der Waals surface area (Å²) in [4.78, 5) is 2.31. The molecular weight excluding hydrogens is 202 g/mol. The smallest absolute Gasteiger partial charge is 0.123 e. The third kappa shape index (κ3) is 2.30. The van der Waals surface area contributed by atoms with Crippen molar-refractivity contribution in [2.24, 2.45) is 0 Å². The largest absolute Gasteiger partial charge is 0.508 e. The van der Waals surface area contributed by atoms with Crippen LogP contribution in [0.4, 0.5) is 0 Å². The molecule has 1 aliphatic heterocycles. The first-order valence-electron chi connectivity index (χ1n) is 5.85. The van der Waals surface area contributed by atoms with E-state index in [-0.39, 0.29) is 0 Å². The molecular formula is C13H19NO2. The lowest BCUT2D eigenvalue weighted by Gasteiger charge is -2.16. The van der Waals surface area contributed by atoms with Crippen LogP contribution in [0.15, 0.2) is 18.2 Å². The van der Waals surface area contributed by atoms with Crippen molar-refractivity contribution in [3.05, 3.63) is 23.8 Å². The average molecular weight is 221 g/mol. The summed E-state index contributed by atoms with van der Waals surface area (Å²) in [7, 11) is 2.13. The highest BCUT2D eigenvalue weighted by Crippen LogP contribution is 2.35. The lowest BCUT2D eigenvalue weighted by molar-refractivity contribution is 0.332. The summed E-state index contributed by atoms with van der Waals surface area (Å²) in [5.74, 6) is 1.73. The van der Waals surface area contributed by atoms with Crippen molar-refractivity contribution < 1.29 is 9.84 Å². The molecule has 0 spiro atoms. The van der Waals surface area contributed by atoms with Gasteiger partial charge in [-0.1, -0.05) is 0 Å². The van der Waals surface area contributed by atoms with Gasteiger partial charge in [0.15, 0.2) is 0 Å². The molecule has 0 radical (unpaired) electrons. The standard InChI is InChI=1S/C13H19NO2/c1-3-16-13-5-4-11(15)8-12(13)10-6-7-14(2)9-10/h4-5,8,10,15H,3,6-7,9H2,1-2H3/t10-/m1/s1. The van der Waals surface area contributed by atoms with Gasteiger partial charge in [0.2, 0.25) is 0 Å². The molecule has 0 amide bonds. The van der Waals surface area contributed by atoms with Crippen LogP contribution in [-0.2, 0) is 0 Å². The van der Waals surface area contributed by atoms with Crippen molar-refractivity contribution in [2.45, 2.75) is 19.3 Å². The highest BCUT2D eigenvalue weighted by atomic mass is 16.5. The van der Waals surface area contributed by atoms with Crippen LogP contribution in [0.5, 0.6) is 11.5 Å². The molecule has 0 bridgehead atoms. The molecule has 1 aromatic carbocycles. The maximum Gasteiger partial charge on any atom is 0.123 e. The van der Waals surface area contributed by atoms with Gasteiger partial charge in [-0.15, -0.1) is 0 Å². The number of rotatable bonds is 3. The van der Waals surface area contributed by atoms with Crippen molar-refractivity contribution in [1.29, 1.82) is 0 Å². The van der Waals surface area contributed by atoms with E-state index in [1.54, 1.807) is 6.07 Å². The van der Waals surface area contributed by atoms with E-state index in [1.165, 1.54) is 0 Å². The Kier molecular flexibility index (Phi) is 3.34. The Hall–Kier alpha value is -1.22. The fourth-order valence-electron chi connectivity index (χ4n) is 2.33. The quantitative estimate of drug-likeness (QED) is 0.849. The second kappa shape index (κ2) is 4.74. The zero-order valence-electron chi connectivity index (χ0n) is 9.94. The average Bonchev–Trinajstić information content (AvgIpc) is 2.68. The van der Waals surface area contributed by atoms with E-state index in [0.717, 1.165) is 30.8 Å². The molecule has 3 nitrogen and oxygen atoms in total. The zero-order chi connectivity index (χ0) is 11.5. The number of nitrogens with zero attached hydrogens (tertiary/aromatic N) is 1. The van der Waals surface area contributed by atoms with Gasteiger partial charge in [-0.05, 0) is 45.1 Å². The van der Waals surface area contributed by atoms with Crippen LogP contribution in [-0.4, -0.2) is 36.8 Å². The van der Waals surface area contributed by atoms with Crippen LogP contribution in [0, 0.1) is 0 Å². The minimum Gasteiger partial charge on any atom is -0.508 e. The Morgan fingerprint density at radius 3 is 2.94 bits per heavy atom. The summed E-state index contributed by atoms with van der Waals surface area (Å²) in [6.45, 7) is 4.81. The normalized spacial score (nSPS) is 21.2. The topological polar surface area (TPSA) is 32.7 Å². The lowest BCUT2D eigenvalue weighted by Crippen LogP contribution is -2.13. The Labute approximate surface area is 96.6 Å². The zero-order valence-corrected chi connectivity index (χ0v) is 9.94. The maximum atomic E-state index is 9.56. The van der Waals surface area contributed by atoms with Gasteiger partial charge in [-0.3, -0.25) is 0 Å². The van der Waals surface area contributed by atoms with Crippen LogP contribution in [0.2, 0.25) is 0 Å². The summed E-state index contributed by atoms with van der Waals surface area (Å²) in [5, 5.41) is 9.56. The summed E-state index contributed by atoms with van der Waals surface area (Å²) in [6.07, 6.45) is 1.14. The molecule has 88 valence electrons. The molecule has 0 aliphatic carbocycles. The second-order valence-electron chi connectivity index (χ2n) is 4.40. The molecule has 2 rings (SSSR count). The van der Waals surface area contributed by atoms with Crippen molar-refractivity contribution >= 4 is 0 Å². The SMILES string of the molecule is CCOc1ccc(O)cc1[C@@H]1CCN(C)C1. The first kappa shape index (κ1) is 11.3. The summed E-state index contributed by atoms with van der Waals surface area (Å²) < 4.78 is 5.61. The molecule has 0 unspecified atom stereocenters. The fraction of sp³-hybridized carbons (Fsp3) is 0.538. The number of phenolic OH excluding ortho intramolecular Hbond substituents is 1. The third-order valence-corrected chi connectivity index (χ3v) is 3.12. The van der Waals surface area contributed by atoms with Gasteiger partial charge in [-0.2, -0.15) is 0 Å². The van der Waals surface area contributed by atoms with E-state index in [1.807, 2.05) is 19.1 Å². The Morgan fingerprint density at radius 1 is 1.50 bits per heavy atom. The Bertz CT molecular complexity index is 365. The van der Waals surface area contributed by atoms with Gasteiger partial charge in [0.25, 0.3) is 0 Å². The summed E-state index contributed by atoms with van der Waals surface area (Å²) in [6, 6.07) is 5.40. The predicted octanol–water partition coefficient (Wildman–Crippen LogP) is 2.21. The van der Waals surface area contributed by atoms with Gasteiger partial charge in [-0.25, -0.2) is 0 Å². The molecule has 1 N–H and O–H groups in total. The van der Waals surface area contributed by atoms with Crippen molar-refractivity contribution in [3.8, 4) is 11.5 Å². The van der Waals surface area contributed by atoms with Crippen molar-refractivity contribution in [1.82, 2.24) is 4.90 Å². The third-order valence-electron chi connectivity index (χ3n) is 3.12. The van der Waals surface area contributed by atoms with Crippen LogP contribution in [0.1, 0.15) is 24.8 Å². The molecule has 1 fully saturated rings. The van der Waals surface area contributed by atoms with Gasteiger partial charge >= 0.3 is 0 Å². The van der Waals surface area contributed by atoms with E-state index in [9.17, 15) is 5.11 Å². The number of hydrogen-bond acceptors (Lipinski definition) is 3. The van der Waals surface area contributed by atoms with Crippen molar-refractivity contribution in [2.75, 3.05) is 26.7 Å². The van der Waals surface area contributed by atoms with E-state index in [2.05, 4.69) is 11.9 Å². The second-order valence-corrected chi connectivity index (χ2v) is 4.40. The molecule has 1 saturated heterocycles. The van der Waals surface area contributed by atoms with Gasteiger partial charge in [0.05, 0.1) is 6.61 Å². The molecule has 0 saturated carbocycles. The molecule has 16 heavy (non-hydrogen) atoms. The summed E-state index contributed by atoms with van der Waals surface area (Å²) >= 11 is 0. The minimum atomic E-state index is 0.327. The minimum absolute atomic E-state index is 0.327. The van der Waals surface area contributed by atoms with Gasteiger partial charge in [0.1, 0.15) is 11.5 Å². The summed E-state index contributed by atoms with van der Waals surface area (Å²) in [5.41, 5.74) is 1.14. The van der Waals surface area contributed by atoms with Crippen LogP contribution < -0.4 is 4.74 Å². The fourth-order valence-corrected chi connectivity index (χ4v) is 2.33. The number of benzene rings is 1. The van der Waals surface area contributed by atoms with E-state index in [4.69, 9.17) is 4.74 Å². The van der Waals surface area contributed by atoms with Crippen molar-refractivity contribution in [3.63, 3.8) is 0 Å². The van der Waals surface area contributed by atoms with Crippen LogP contribution in [0.25, 0.3) is 0 Å². The molecule has 1 aromatic rings. The highest BCUT2D eigenvalue weighted by Gasteiger charge is 2.24.